The van der Waals surface area contributed by atoms with Crippen LogP contribution in [0.3, 0.4) is 0 Å². The first-order valence-corrected chi connectivity index (χ1v) is 9.54. The van der Waals surface area contributed by atoms with Crippen molar-refractivity contribution in [3.63, 3.8) is 0 Å². The number of halogens is 1. The number of hydrogen-bond acceptors (Lipinski definition) is 4. The number of carbonyl (C=O) groups excluding carboxylic acids is 1. The first-order chi connectivity index (χ1) is 15.1. The molecule has 0 aliphatic rings. The van der Waals surface area contributed by atoms with Crippen molar-refractivity contribution < 1.29 is 13.9 Å². The van der Waals surface area contributed by atoms with E-state index in [9.17, 15) is 14.0 Å². The molecule has 0 saturated carbocycles. The fourth-order valence-corrected chi connectivity index (χ4v) is 2.94. The first kappa shape index (κ1) is 20.0. The Morgan fingerprint density at radius 3 is 2.39 bits per heavy atom. The van der Waals surface area contributed by atoms with Crippen LogP contribution in [0.25, 0.3) is 11.3 Å². The molecule has 31 heavy (non-hydrogen) atoms. The summed E-state index contributed by atoms with van der Waals surface area (Å²) in [5.41, 5.74) is 1.14. The van der Waals surface area contributed by atoms with Gasteiger partial charge in [0.2, 0.25) is 5.91 Å². The zero-order valence-corrected chi connectivity index (χ0v) is 16.4. The summed E-state index contributed by atoms with van der Waals surface area (Å²) in [4.78, 5) is 24.8. The number of benzene rings is 3. The predicted molar refractivity (Wildman–Crippen MR) is 115 cm³/mol. The molecule has 1 aromatic heterocycles. The summed E-state index contributed by atoms with van der Waals surface area (Å²) in [6.45, 7) is -0.284. The van der Waals surface area contributed by atoms with Crippen LogP contribution < -0.4 is 15.6 Å². The highest BCUT2D eigenvalue weighted by Gasteiger charge is 2.11. The van der Waals surface area contributed by atoms with Gasteiger partial charge in [-0.3, -0.25) is 9.59 Å². The van der Waals surface area contributed by atoms with Crippen LogP contribution in [0.15, 0.2) is 95.8 Å². The number of nitrogens with one attached hydrogen (secondary N) is 1. The molecule has 0 radical (unpaired) electrons. The summed E-state index contributed by atoms with van der Waals surface area (Å²) in [6.07, 6.45) is 0. The fraction of sp³-hybridized carbons (Fsp3) is 0.0417. The lowest BCUT2D eigenvalue weighted by atomic mass is 10.1. The summed E-state index contributed by atoms with van der Waals surface area (Å²) < 4.78 is 20.1. The Hall–Kier alpha value is -4.26. The molecule has 1 heterocycles. The van der Waals surface area contributed by atoms with E-state index in [0.29, 0.717) is 28.4 Å². The lowest BCUT2D eigenvalue weighted by molar-refractivity contribution is -0.117. The van der Waals surface area contributed by atoms with E-state index in [4.69, 9.17) is 4.74 Å². The lowest BCUT2D eigenvalue weighted by Crippen LogP contribution is -2.29. The molecule has 0 bridgehead atoms. The standard InChI is InChI=1S/C24H18FN3O3/c25-18-12-10-17(11-13-18)20-14-15-24(30)28(27-20)16-23(29)26-21-8-4-5-9-22(21)31-19-6-2-1-3-7-19/h1-15H,16H2,(H,26,29). The monoisotopic (exact) mass is 415 g/mol. The van der Waals surface area contributed by atoms with Crippen molar-refractivity contribution in [2.75, 3.05) is 5.32 Å². The molecule has 4 aromatic rings. The average Bonchev–Trinajstić information content (AvgIpc) is 2.78. The Labute approximate surface area is 177 Å². The molecule has 3 aromatic carbocycles. The molecule has 0 saturated heterocycles. The maximum Gasteiger partial charge on any atom is 0.267 e. The maximum absolute atomic E-state index is 13.2. The number of hydrogen-bond donors (Lipinski definition) is 1. The molecule has 6 nitrogen and oxygen atoms in total. The maximum atomic E-state index is 13.2. The molecule has 4 rings (SSSR count). The summed E-state index contributed by atoms with van der Waals surface area (Å²) in [5, 5.41) is 6.99. The van der Waals surface area contributed by atoms with E-state index < -0.39 is 11.5 Å². The van der Waals surface area contributed by atoms with Crippen molar-refractivity contribution in [1.29, 1.82) is 0 Å². The summed E-state index contributed by atoms with van der Waals surface area (Å²) in [7, 11) is 0. The number of rotatable bonds is 6. The van der Waals surface area contributed by atoms with Crippen LogP contribution in [0.4, 0.5) is 10.1 Å². The van der Waals surface area contributed by atoms with E-state index in [0.717, 1.165) is 4.68 Å². The number of ether oxygens (including phenoxy) is 1. The summed E-state index contributed by atoms with van der Waals surface area (Å²) in [5.74, 6) is 0.305. The normalized spacial score (nSPS) is 10.5. The molecule has 0 fully saturated rings. The number of amides is 1. The van der Waals surface area contributed by atoms with Crippen molar-refractivity contribution in [3.8, 4) is 22.8 Å². The predicted octanol–water partition coefficient (Wildman–Crippen LogP) is 4.48. The molecule has 0 aliphatic heterocycles. The number of carbonyl (C=O) groups is 1. The van der Waals surface area contributed by atoms with Gasteiger partial charge in [-0.05, 0) is 54.6 Å². The van der Waals surface area contributed by atoms with Gasteiger partial charge in [-0.2, -0.15) is 5.10 Å². The quantitative estimate of drug-likeness (QED) is 0.504. The third-order valence-corrected chi connectivity index (χ3v) is 4.43. The van der Waals surface area contributed by atoms with Gasteiger partial charge in [0.15, 0.2) is 5.75 Å². The van der Waals surface area contributed by atoms with Crippen molar-refractivity contribution in [2.45, 2.75) is 6.54 Å². The topological polar surface area (TPSA) is 73.2 Å². The highest BCUT2D eigenvalue weighted by molar-refractivity contribution is 5.92. The van der Waals surface area contributed by atoms with E-state index in [-0.39, 0.29) is 12.4 Å². The number of anilines is 1. The van der Waals surface area contributed by atoms with Crippen LogP contribution in [0.1, 0.15) is 0 Å². The third-order valence-electron chi connectivity index (χ3n) is 4.43. The van der Waals surface area contributed by atoms with Crippen LogP contribution in [0.2, 0.25) is 0 Å². The first-order valence-electron chi connectivity index (χ1n) is 9.54. The van der Waals surface area contributed by atoms with Gasteiger partial charge < -0.3 is 10.1 Å². The van der Waals surface area contributed by atoms with E-state index >= 15 is 0 Å². The number of nitrogens with zero attached hydrogens (tertiary/aromatic N) is 2. The Balaban J connectivity index is 1.51. The molecule has 0 atom stereocenters. The van der Waals surface area contributed by atoms with Crippen LogP contribution in [-0.4, -0.2) is 15.7 Å². The van der Waals surface area contributed by atoms with Gasteiger partial charge in [-0.15, -0.1) is 0 Å². The van der Waals surface area contributed by atoms with Gasteiger partial charge in [0.05, 0.1) is 11.4 Å². The second-order valence-corrected chi connectivity index (χ2v) is 6.68. The van der Waals surface area contributed by atoms with Crippen LogP contribution in [0.5, 0.6) is 11.5 Å². The van der Waals surface area contributed by atoms with Crippen molar-refractivity contribution in [1.82, 2.24) is 9.78 Å². The Morgan fingerprint density at radius 2 is 1.61 bits per heavy atom. The highest BCUT2D eigenvalue weighted by atomic mass is 19.1. The second kappa shape index (κ2) is 9.04. The minimum Gasteiger partial charge on any atom is -0.455 e. The minimum absolute atomic E-state index is 0.284. The van der Waals surface area contributed by atoms with Gasteiger partial charge in [0.1, 0.15) is 18.1 Å². The van der Waals surface area contributed by atoms with Gasteiger partial charge >= 0.3 is 0 Å². The Morgan fingerprint density at radius 1 is 0.903 bits per heavy atom. The zero-order valence-electron chi connectivity index (χ0n) is 16.4. The smallest absolute Gasteiger partial charge is 0.267 e. The Bertz CT molecular complexity index is 1260. The molecule has 0 spiro atoms. The van der Waals surface area contributed by atoms with Gasteiger partial charge in [-0.25, -0.2) is 9.07 Å². The van der Waals surface area contributed by atoms with E-state index in [1.165, 1.54) is 24.3 Å². The van der Waals surface area contributed by atoms with E-state index in [1.807, 2.05) is 30.3 Å². The number of para-hydroxylation sites is 3. The van der Waals surface area contributed by atoms with Crippen molar-refractivity contribution in [2.24, 2.45) is 0 Å². The summed E-state index contributed by atoms with van der Waals surface area (Å²) in [6, 6.07) is 24.8. The largest absolute Gasteiger partial charge is 0.455 e. The SMILES string of the molecule is O=C(Cn1nc(-c2ccc(F)cc2)ccc1=O)Nc1ccccc1Oc1ccccc1. The molecular formula is C24H18FN3O3. The average molecular weight is 415 g/mol. The molecule has 0 unspecified atom stereocenters. The van der Waals surface area contributed by atoms with Gasteiger partial charge in [0, 0.05) is 11.6 Å². The molecule has 154 valence electrons. The van der Waals surface area contributed by atoms with Crippen LogP contribution in [-0.2, 0) is 11.3 Å². The third kappa shape index (κ3) is 5.02. The van der Waals surface area contributed by atoms with Gasteiger partial charge in [0.25, 0.3) is 5.56 Å². The fourth-order valence-electron chi connectivity index (χ4n) is 2.94. The van der Waals surface area contributed by atoms with E-state index in [2.05, 4.69) is 10.4 Å². The van der Waals surface area contributed by atoms with Crippen molar-refractivity contribution in [3.05, 3.63) is 107 Å². The van der Waals surface area contributed by atoms with Gasteiger partial charge in [-0.1, -0.05) is 30.3 Å². The van der Waals surface area contributed by atoms with E-state index in [1.54, 1.807) is 36.4 Å². The van der Waals surface area contributed by atoms with Crippen LogP contribution in [0, 0.1) is 5.82 Å². The van der Waals surface area contributed by atoms with Crippen LogP contribution >= 0.6 is 0 Å². The van der Waals surface area contributed by atoms with Crippen molar-refractivity contribution >= 4 is 11.6 Å². The molecule has 0 aliphatic carbocycles. The lowest BCUT2D eigenvalue weighted by Gasteiger charge is -2.13. The minimum atomic E-state index is -0.435. The summed E-state index contributed by atoms with van der Waals surface area (Å²) >= 11 is 0. The molecule has 1 amide bonds. The zero-order chi connectivity index (χ0) is 21.6. The second-order valence-electron chi connectivity index (χ2n) is 6.68. The Kier molecular flexibility index (Phi) is 5.84. The molecule has 1 N–H and O–H groups in total. The highest BCUT2D eigenvalue weighted by Crippen LogP contribution is 2.29. The number of aromatic nitrogens is 2. The molecule has 7 heteroatoms. The molecular weight excluding hydrogens is 397 g/mol.